The summed E-state index contributed by atoms with van der Waals surface area (Å²) in [6.07, 6.45) is 0.0330. The maximum absolute atomic E-state index is 13.8. The van der Waals surface area contributed by atoms with E-state index in [1.807, 2.05) is 6.92 Å². The van der Waals surface area contributed by atoms with Crippen LogP contribution in [0.3, 0.4) is 0 Å². The number of likely N-dealkylation sites (tertiary alicyclic amines) is 1. The van der Waals surface area contributed by atoms with E-state index in [2.05, 4.69) is 15.9 Å². The highest BCUT2D eigenvalue weighted by Gasteiger charge is 2.32. The molecule has 0 spiro atoms. The van der Waals surface area contributed by atoms with Gasteiger partial charge in [-0.3, -0.25) is 4.79 Å². The zero-order valence-corrected chi connectivity index (χ0v) is 10.9. The highest BCUT2D eigenvalue weighted by Crippen LogP contribution is 2.24. The third kappa shape index (κ3) is 2.35. The molecule has 1 amide bonds. The van der Waals surface area contributed by atoms with Gasteiger partial charge < -0.3 is 10.0 Å². The molecule has 2 rings (SSSR count). The summed E-state index contributed by atoms with van der Waals surface area (Å²) in [7, 11) is 0. The minimum Gasteiger partial charge on any atom is -0.391 e. The Hall–Kier alpha value is -0.940. The van der Waals surface area contributed by atoms with Gasteiger partial charge in [0, 0.05) is 12.6 Å². The first-order valence-electron chi connectivity index (χ1n) is 5.43. The van der Waals surface area contributed by atoms with E-state index in [-0.39, 0.29) is 28.5 Å². The fraction of sp³-hybridized carbons (Fsp3) is 0.417. The molecule has 3 nitrogen and oxygen atoms in total. The Kier molecular flexibility index (Phi) is 3.49. The van der Waals surface area contributed by atoms with Crippen molar-refractivity contribution in [1.82, 2.24) is 4.90 Å². The summed E-state index contributed by atoms with van der Waals surface area (Å²) in [5, 5.41) is 9.49. The van der Waals surface area contributed by atoms with E-state index in [0.29, 0.717) is 6.42 Å². The molecular formula is C12H13BrFNO2. The van der Waals surface area contributed by atoms with Crippen LogP contribution in [0.1, 0.15) is 23.7 Å². The first kappa shape index (κ1) is 12.5. The largest absolute Gasteiger partial charge is 0.391 e. The van der Waals surface area contributed by atoms with Crippen molar-refractivity contribution in [2.45, 2.75) is 25.5 Å². The van der Waals surface area contributed by atoms with E-state index in [1.54, 1.807) is 12.1 Å². The quantitative estimate of drug-likeness (QED) is 0.864. The van der Waals surface area contributed by atoms with Crippen molar-refractivity contribution in [3.8, 4) is 0 Å². The second kappa shape index (κ2) is 4.74. The summed E-state index contributed by atoms with van der Waals surface area (Å²) in [5.74, 6) is -0.918. The lowest BCUT2D eigenvalue weighted by molar-refractivity contribution is 0.0721. The van der Waals surface area contributed by atoms with Crippen LogP contribution in [0.15, 0.2) is 22.7 Å². The number of benzene rings is 1. The molecule has 0 aliphatic carbocycles. The Morgan fingerprint density at radius 2 is 2.29 bits per heavy atom. The number of carbonyl (C=O) groups excluding carboxylic acids is 1. The third-order valence-corrected chi connectivity index (χ3v) is 3.61. The first-order chi connectivity index (χ1) is 8.00. The lowest BCUT2D eigenvalue weighted by atomic mass is 10.1. The van der Waals surface area contributed by atoms with E-state index >= 15 is 0 Å². The second-order valence-electron chi connectivity index (χ2n) is 4.30. The topological polar surface area (TPSA) is 40.5 Å². The molecule has 1 saturated heterocycles. The molecule has 0 saturated carbocycles. The van der Waals surface area contributed by atoms with Crippen molar-refractivity contribution in [2.24, 2.45) is 0 Å². The highest BCUT2D eigenvalue weighted by molar-refractivity contribution is 9.10. The van der Waals surface area contributed by atoms with Crippen molar-refractivity contribution >= 4 is 21.8 Å². The van der Waals surface area contributed by atoms with E-state index in [4.69, 9.17) is 0 Å². The highest BCUT2D eigenvalue weighted by atomic mass is 79.9. The number of rotatable bonds is 1. The van der Waals surface area contributed by atoms with E-state index in [0.717, 1.165) is 0 Å². The van der Waals surface area contributed by atoms with Gasteiger partial charge in [-0.1, -0.05) is 6.07 Å². The summed E-state index contributed by atoms with van der Waals surface area (Å²) < 4.78 is 14.0. The predicted molar refractivity (Wildman–Crippen MR) is 65.2 cm³/mol. The summed E-state index contributed by atoms with van der Waals surface area (Å²) >= 11 is 3.05. The Labute approximate surface area is 107 Å². The number of hydrogen-bond acceptors (Lipinski definition) is 2. The van der Waals surface area contributed by atoms with Gasteiger partial charge in [-0.2, -0.15) is 0 Å². The predicted octanol–water partition coefficient (Wildman–Crippen LogP) is 2.18. The zero-order chi connectivity index (χ0) is 12.6. The van der Waals surface area contributed by atoms with E-state index < -0.39 is 11.9 Å². The van der Waals surface area contributed by atoms with Crippen LogP contribution in [0.5, 0.6) is 0 Å². The molecule has 1 aliphatic heterocycles. The SMILES string of the molecule is C[C@H]1C[C@@H](O)CN1C(=O)c1cccc(Br)c1F. The Balaban J connectivity index is 2.29. The Morgan fingerprint density at radius 3 is 2.88 bits per heavy atom. The zero-order valence-electron chi connectivity index (χ0n) is 9.36. The molecule has 1 aromatic carbocycles. The van der Waals surface area contributed by atoms with Gasteiger partial charge in [-0.15, -0.1) is 0 Å². The molecular weight excluding hydrogens is 289 g/mol. The smallest absolute Gasteiger partial charge is 0.257 e. The van der Waals surface area contributed by atoms with Crippen LogP contribution < -0.4 is 0 Å². The number of aliphatic hydroxyl groups is 1. The van der Waals surface area contributed by atoms with Crippen LogP contribution in [0.25, 0.3) is 0 Å². The van der Waals surface area contributed by atoms with Gasteiger partial charge >= 0.3 is 0 Å². The fourth-order valence-corrected chi connectivity index (χ4v) is 2.48. The minimum absolute atomic E-state index is 0.0420. The molecule has 0 unspecified atom stereocenters. The van der Waals surface area contributed by atoms with Gasteiger partial charge in [0.1, 0.15) is 5.82 Å². The van der Waals surface area contributed by atoms with E-state index in [1.165, 1.54) is 11.0 Å². The molecule has 2 atom stereocenters. The summed E-state index contributed by atoms with van der Waals surface area (Å²) in [6, 6.07) is 4.57. The first-order valence-corrected chi connectivity index (χ1v) is 6.23. The summed E-state index contributed by atoms with van der Waals surface area (Å²) in [4.78, 5) is 13.6. The molecule has 1 aliphatic rings. The van der Waals surface area contributed by atoms with Gasteiger partial charge in [0.25, 0.3) is 5.91 Å². The maximum Gasteiger partial charge on any atom is 0.257 e. The Morgan fingerprint density at radius 1 is 1.59 bits per heavy atom. The molecule has 0 radical (unpaired) electrons. The standard InChI is InChI=1S/C12H13BrFNO2/c1-7-5-8(16)6-15(7)12(17)9-3-2-4-10(13)11(9)14/h2-4,7-8,16H,5-6H2,1H3/t7-,8+/m0/s1. The van der Waals surface area contributed by atoms with Crippen LogP contribution in [0.2, 0.25) is 0 Å². The molecule has 0 aromatic heterocycles. The van der Waals surface area contributed by atoms with E-state index in [9.17, 15) is 14.3 Å². The maximum atomic E-state index is 13.8. The van der Waals surface area contributed by atoms with Crippen LogP contribution in [-0.4, -0.2) is 34.6 Å². The molecule has 1 fully saturated rings. The molecule has 92 valence electrons. The fourth-order valence-electron chi connectivity index (χ4n) is 2.11. The van der Waals surface area contributed by atoms with Crippen molar-refractivity contribution in [3.05, 3.63) is 34.1 Å². The van der Waals surface area contributed by atoms with Gasteiger partial charge in [-0.25, -0.2) is 4.39 Å². The van der Waals surface area contributed by atoms with Crippen LogP contribution in [-0.2, 0) is 0 Å². The molecule has 5 heteroatoms. The molecule has 1 N–H and O–H groups in total. The second-order valence-corrected chi connectivity index (χ2v) is 5.15. The number of carbonyl (C=O) groups is 1. The van der Waals surface area contributed by atoms with Crippen LogP contribution in [0, 0.1) is 5.82 Å². The van der Waals surface area contributed by atoms with Crippen molar-refractivity contribution in [3.63, 3.8) is 0 Å². The number of nitrogens with zero attached hydrogens (tertiary/aromatic N) is 1. The molecule has 0 bridgehead atoms. The normalized spacial score (nSPS) is 24.1. The number of amides is 1. The average Bonchev–Trinajstić information content (AvgIpc) is 2.61. The average molecular weight is 302 g/mol. The molecule has 1 aromatic rings. The van der Waals surface area contributed by atoms with Crippen molar-refractivity contribution in [2.75, 3.05) is 6.54 Å². The minimum atomic E-state index is -0.550. The number of hydrogen-bond donors (Lipinski definition) is 1. The third-order valence-electron chi connectivity index (χ3n) is 3.00. The number of halogens is 2. The van der Waals surface area contributed by atoms with Crippen LogP contribution >= 0.6 is 15.9 Å². The lowest BCUT2D eigenvalue weighted by Gasteiger charge is -2.21. The van der Waals surface area contributed by atoms with Gasteiger partial charge in [0.2, 0.25) is 0 Å². The Bertz CT molecular complexity index is 452. The molecule has 1 heterocycles. The number of β-amino-alcohol motifs (C(OH)–C–C–N with tert-alkyl or cyclic N) is 1. The van der Waals surface area contributed by atoms with Gasteiger partial charge in [-0.05, 0) is 41.4 Å². The molecule has 17 heavy (non-hydrogen) atoms. The summed E-state index contributed by atoms with van der Waals surface area (Å²) in [5.41, 5.74) is 0.0420. The number of aliphatic hydroxyl groups excluding tert-OH is 1. The van der Waals surface area contributed by atoms with Gasteiger partial charge in [0.05, 0.1) is 16.1 Å². The van der Waals surface area contributed by atoms with Crippen molar-refractivity contribution < 1.29 is 14.3 Å². The summed E-state index contributed by atoms with van der Waals surface area (Å²) in [6.45, 7) is 2.12. The van der Waals surface area contributed by atoms with Crippen molar-refractivity contribution in [1.29, 1.82) is 0 Å². The van der Waals surface area contributed by atoms with Gasteiger partial charge in [0.15, 0.2) is 0 Å². The lowest BCUT2D eigenvalue weighted by Crippen LogP contribution is -2.35. The van der Waals surface area contributed by atoms with Crippen LogP contribution in [0.4, 0.5) is 4.39 Å². The monoisotopic (exact) mass is 301 g/mol.